The molecule has 2 saturated heterocycles. The number of rotatable bonds is 18. The van der Waals surface area contributed by atoms with Crippen molar-refractivity contribution in [1.29, 1.82) is 0 Å². The molecule has 7 aliphatic rings. The van der Waals surface area contributed by atoms with Gasteiger partial charge in [-0.1, -0.05) is 38.5 Å². The number of likely N-dealkylation sites (tertiary alicyclic amines) is 2. The molecule has 20 nitrogen and oxygen atoms in total. The van der Waals surface area contributed by atoms with Gasteiger partial charge in [0.25, 0.3) is 0 Å². The number of nitrogens with zero attached hydrogens (tertiary/aromatic N) is 2. The van der Waals surface area contributed by atoms with Gasteiger partial charge in [0.05, 0.1) is 37.4 Å². The van der Waals surface area contributed by atoms with E-state index in [9.17, 15) is 47.1 Å². The van der Waals surface area contributed by atoms with Crippen LogP contribution in [-0.2, 0) is 38.4 Å². The fourth-order valence-electron chi connectivity index (χ4n) is 13.6. The summed E-state index contributed by atoms with van der Waals surface area (Å²) in [6.45, 7) is 4.03. The lowest BCUT2D eigenvalue weighted by Gasteiger charge is -2.35. The third-order valence-electron chi connectivity index (χ3n) is 18.6. The van der Waals surface area contributed by atoms with Crippen molar-refractivity contribution < 1.29 is 56.6 Å². The monoisotopic (exact) mass is 1140 g/mol. The third-order valence-corrected chi connectivity index (χ3v) is 18.6. The Morgan fingerprint density at radius 2 is 0.878 bits per heavy atom. The molecule has 0 bridgehead atoms. The first-order chi connectivity index (χ1) is 39.5. The van der Waals surface area contributed by atoms with Crippen molar-refractivity contribution in [2.75, 3.05) is 40.4 Å². The minimum Gasteiger partial charge on any atom is -0.493 e. The number of fused-ring (bicyclic) bond motifs is 2. The van der Waals surface area contributed by atoms with Crippen molar-refractivity contribution in [3.05, 3.63) is 59.2 Å². The number of hydrogen-bond donors (Lipinski definition) is 8. The first-order valence-corrected chi connectivity index (χ1v) is 30.1. The van der Waals surface area contributed by atoms with E-state index in [4.69, 9.17) is 9.47 Å². The van der Waals surface area contributed by atoms with Crippen molar-refractivity contribution in [2.24, 2.45) is 23.7 Å². The number of hydrogen-bond acceptors (Lipinski definition) is 12. The predicted octanol–water partition coefficient (Wildman–Crippen LogP) is 3.87. The second-order valence-corrected chi connectivity index (χ2v) is 24.0. The summed E-state index contributed by atoms with van der Waals surface area (Å²) in [5.74, 6) is -4.23. The summed E-state index contributed by atoms with van der Waals surface area (Å²) in [6, 6.07) is 0.891. The first kappa shape index (κ1) is 60.2. The maximum atomic E-state index is 14.9. The van der Waals surface area contributed by atoms with Crippen LogP contribution in [0.15, 0.2) is 36.4 Å². The number of nitrogens with one attached hydrogen (secondary N) is 8. The molecule has 4 heterocycles. The predicted molar refractivity (Wildman–Crippen MR) is 298 cm³/mol. The van der Waals surface area contributed by atoms with Crippen LogP contribution in [-0.4, -0.2) is 146 Å². The van der Waals surface area contributed by atoms with Gasteiger partial charge in [0, 0.05) is 61.0 Å². The van der Waals surface area contributed by atoms with Crippen molar-refractivity contribution in [2.45, 2.75) is 190 Å². The average Bonchev–Trinajstić information content (AvgIpc) is 4.31. The Hall–Kier alpha value is -6.42. The number of likely N-dealkylation sites (N-methyl/N-ethyl adjacent to an activating group) is 2. The summed E-state index contributed by atoms with van der Waals surface area (Å²) >= 11 is 0. The molecular weight excluding hydrogens is 1060 g/mol. The van der Waals surface area contributed by atoms with Crippen molar-refractivity contribution in [3.8, 4) is 11.5 Å². The van der Waals surface area contributed by atoms with Crippen LogP contribution < -0.4 is 52.0 Å². The van der Waals surface area contributed by atoms with Crippen LogP contribution in [0.5, 0.6) is 11.5 Å². The topological polar surface area (TPSA) is 258 Å². The molecule has 3 aliphatic carbocycles. The summed E-state index contributed by atoms with van der Waals surface area (Å²) < 4.78 is 40.6. The lowest BCUT2D eigenvalue weighted by molar-refractivity contribution is -0.143. The number of benzene rings is 2. The molecule has 0 spiro atoms. The molecule has 82 heavy (non-hydrogen) atoms. The molecule has 8 amide bonds. The van der Waals surface area contributed by atoms with Crippen LogP contribution in [0, 0.1) is 35.3 Å². The summed E-state index contributed by atoms with van der Waals surface area (Å²) in [4.78, 5) is 117. The van der Waals surface area contributed by atoms with Crippen molar-refractivity contribution >= 4 is 47.3 Å². The van der Waals surface area contributed by atoms with E-state index in [-0.39, 0.29) is 74.6 Å². The lowest BCUT2D eigenvalue weighted by atomic mass is 9.81. The van der Waals surface area contributed by atoms with Gasteiger partial charge in [-0.2, -0.15) is 0 Å². The molecule has 0 aromatic heterocycles. The minimum atomic E-state index is -1.02. The highest BCUT2D eigenvalue weighted by molar-refractivity contribution is 5.95. The van der Waals surface area contributed by atoms with Crippen LogP contribution in [0.25, 0.3) is 0 Å². The van der Waals surface area contributed by atoms with E-state index in [1.165, 1.54) is 46.2 Å². The summed E-state index contributed by atoms with van der Waals surface area (Å²) in [5.41, 5.74) is 0.977. The maximum absolute atomic E-state index is 14.9. The Morgan fingerprint density at radius 3 is 1.24 bits per heavy atom. The second kappa shape index (κ2) is 27.3. The van der Waals surface area contributed by atoms with Crippen LogP contribution in [0.1, 0.15) is 153 Å². The zero-order valence-electron chi connectivity index (χ0n) is 47.8. The number of halogens is 2. The van der Waals surface area contributed by atoms with Crippen LogP contribution >= 0.6 is 0 Å². The van der Waals surface area contributed by atoms with Gasteiger partial charge in [0.15, 0.2) is 0 Å². The van der Waals surface area contributed by atoms with Crippen LogP contribution in [0.2, 0.25) is 0 Å². The molecular formula is C60H84F2N10O10. The fourth-order valence-corrected chi connectivity index (χ4v) is 13.6. The third kappa shape index (κ3) is 14.1. The summed E-state index contributed by atoms with van der Waals surface area (Å²) in [6.07, 6.45) is 11.0. The van der Waals surface area contributed by atoms with E-state index < -0.39 is 108 Å². The van der Waals surface area contributed by atoms with Gasteiger partial charge in [0.2, 0.25) is 47.3 Å². The van der Waals surface area contributed by atoms with E-state index >= 15 is 0 Å². The standard InChI is InChI=1S/C60H84F2N10O10/c1-33(63-3)53(73)69-51(35-11-7-5-8-12-35)59(79)71-31-41(29-47(71)57(77)67-45-23-25-81-49-21-19-39(61)27-43(45)49)65-55(75)37-15-17-38(18-16-37)56(76)66-42-30-48(58(78)68-46-24-26-82-50-22-20-40(62)28-44(46)50)72(32-42)60(80)52(36-13-9-6-10-14-36)70-54(74)34(2)64-4/h19-22,27-28,33-38,41-42,45-48,51-52,63-64H,5-18,23-26,29-32H2,1-4H3,(H,65,75)(H,66,76)(H,67,77)(H,68,78)(H,69,73)(H,70,74)/t33-,34-,37?,38?,41-,42-,45+,46+,47-,48-,51-,52-/m0/s1. The maximum Gasteiger partial charge on any atom is 0.246 e. The number of ether oxygens (including phenoxy) is 2. The Labute approximate surface area is 479 Å². The van der Waals surface area contributed by atoms with Crippen molar-refractivity contribution in [1.82, 2.24) is 52.3 Å². The highest BCUT2D eigenvalue weighted by atomic mass is 19.1. The van der Waals surface area contributed by atoms with Gasteiger partial charge in [-0.25, -0.2) is 8.78 Å². The molecule has 3 saturated carbocycles. The second-order valence-electron chi connectivity index (χ2n) is 24.0. The number of carbonyl (C=O) groups is 8. The number of carbonyl (C=O) groups excluding carboxylic acids is 8. The summed E-state index contributed by atoms with van der Waals surface area (Å²) in [7, 11) is 3.32. The molecule has 22 heteroatoms. The van der Waals surface area contributed by atoms with E-state index in [0.717, 1.165) is 64.2 Å². The SMILES string of the molecule is CN[C@@H](C)C(=O)N[C@H](C(=O)N1C[C@@H](NC(=O)C2CCC(C(=O)N[C@H]3C[C@@H](C(=O)N[C@@H]4CCOc5ccc(F)cc54)N(C(=O)[C@@H](NC(=O)[C@H](C)NC)C4CCCCC4)C3)CC2)C[C@H]1C(=O)N[C@@H]1CCOc2ccc(F)cc21)C1CCCCC1. The molecule has 9 rings (SSSR count). The van der Waals surface area contributed by atoms with Crippen molar-refractivity contribution in [3.63, 3.8) is 0 Å². The summed E-state index contributed by atoms with van der Waals surface area (Å²) in [5, 5.41) is 24.3. The van der Waals surface area contributed by atoms with Crippen LogP contribution in [0.4, 0.5) is 8.78 Å². The Kier molecular flexibility index (Phi) is 20.0. The molecule has 5 fully saturated rings. The highest BCUT2D eigenvalue weighted by Crippen LogP contribution is 2.37. The van der Waals surface area contributed by atoms with Gasteiger partial charge >= 0.3 is 0 Å². The van der Waals surface area contributed by atoms with E-state index in [2.05, 4.69) is 42.5 Å². The molecule has 2 aromatic carbocycles. The van der Waals surface area contributed by atoms with E-state index in [1.807, 2.05) is 0 Å². The quantitative estimate of drug-likeness (QED) is 0.106. The molecule has 8 N–H and O–H groups in total. The van der Waals surface area contributed by atoms with Gasteiger partial charge in [0.1, 0.15) is 47.3 Å². The Morgan fingerprint density at radius 1 is 0.500 bits per heavy atom. The Balaban J connectivity index is 0.862. The molecule has 0 unspecified atom stereocenters. The smallest absolute Gasteiger partial charge is 0.246 e. The van der Waals surface area contributed by atoms with Gasteiger partial charge in [-0.15, -0.1) is 0 Å². The van der Waals surface area contributed by atoms with E-state index in [1.54, 1.807) is 27.9 Å². The first-order valence-electron chi connectivity index (χ1n) is 30.1. The Bertz CT molecular complexity index is 2490. The zero-order chi connectivity index (χ0) is 58.2. The molecule has 0 radical (unpaired) electrons. The van der Waals surface area contributed by atoms with E-state index in [0.29, 0.717) is 61.2 Å². The van der Waals surface area contributed by atoms with Gasteiger partial charge in [-0.05, 0) is 140 Å². The van der Waals surface area contributed by atoms with Gasteiger partial charge in [-0.3, -0.25) is 38.4 Å². The molecule has 10 atom stereocenters. The lowest BCUT2D eigenvalue weighted by Crippen LogP contribution is -2.58. The molecule has 448 valence electrons. The van der Waals surface area contributed by atoms with Gasteiger partial charge < -0.3 is 61.8 Å². The minimum absolute atomic E-state index is 0.0176. The average molecular weight is 1140 g/mol. The fraction of sp³-hybridized carbons (Fsp3) is 0.667. The van der Waals surface area contributed by atoms with Crippen LogP contribution in [0.3, 0.4) is 0 Å². The largest absolute Gasteiger partial charge is 0.493 e. The molecule has 2 aromatic rings. The molecule has 4 aliphatic heterocycles. The highest BCUT2D eigenvalue weighted by Gasteiger charge is 2.48. The zero-order valence-corrected chi connectivity index (χ0v) is 47.8. The normalized spacial score (nSPS) is 27.1. The number of amides is 8.